The van der Waals surface area contributed by atoms with Gasteiger partial charge in [-0.2, -0.15) is 0 Å². The van der Waals surface area contributed by atoms with Crippen LogP contribution in [0.1, 0.15) is 45.6 Å². The molecule has 8 heteroatoms. The lowest BCUT2D eigenvalue weighted by Gasteiger charge is -2.28. The molecule has 3 aromatic rings. The Hall–Kier alpha value is -3.00. The van der Waals surface area contributed by atoms with E-state index in [2.05, 4.69) is 15.3 Å². The molecule has 1 fully saturated rings. The first kappa shape index (κ1) is 20.3. The summed E-state index contributed by atoms with van der Waals surface area (Å²) in [6.45, 7) is 3.96. The van der Waals surface area contributed by atoms with Gasteiger partial charge in [-0.1, -0.05) is 0 Å². The van der Waals surface area contributed by atoms with Crippen LogP contribution in [0.15, 0.2) is 35.5 Å². The van der Waals surface area contributed by atoms with Crippen molar-refractivity contribution in [1.29, 1.82) is 0 Å². The first-order chi connectivity index (χ1) is 14.5. The third-order valence-electron chi connectivity index (χ3n) is 5.81. The van der Waals surface area contributed by atoms with Crippen molar-refractivity contribution in [3.63, 3.8) is 0 Å². The number of pyridine rings is 2. The van der Waals surface area contributed by atoms with Crippen LogP contribution in [0.3, 0.4) is 0 Å². The molecule has 0 aromatic carbocycles. The largest absolute Gasteiger partial charge is 0.383 e. The molecule has 0 unspecified atom stereocenters. The lowest BCUT2D eigenvalue weighted by Crippen LogP contribution is -2.29. The second-order valence-electron chi connectivity index (χ2n) is 8.12. The molecule has 1 aliphatic carbocycles. The number of nitrogens with two attached hydrogens (primary N) is 1. The van der Waals surface area contributed by atoms with E-state index in [-0.39, 0.29) is 11.6 Å². The molecule has 30 heavy (non-hydrogen) atoms. The summed E-state index contributed by atoms with van der Waals surface area (Å²) in [4.78, 5) is 26.0. The number of aromatic nitrogens is 4. The molecule has 1 aliphatic rings. The highest BCUT2D eigenvalue weighted by Gasteiger charge is 2.21. The van der Waals surface area contributed by atoms with E-state index in [4.69, 9.17) is 15.5 Å². The first-order valence-electron chi connectivity index (χ1n) is 10.4. The van der Waals surface area contributed by atoms with Crippen molar-refractivity contribution in [3.8, 4) is 11.1 Å². The van der Waals surface area contributed by atoms with Gasteiger partial charge in [0.2, 0.25) is 5.95 Å². The number of fused-ring (bicyclic) bond motifs is 1. The lowest BCUT2D eigenvalue weighted by atomic mass is 9.93. The van der Waals surface area contributed by atoms with Gasteiger partial charge in [0.15, 0.2) is 0 Å². The van der Waals surface area contributed by atoms with Crippen molar-refractivity contribution in [2.24, 2.45) is 0 Å². The van der Waals surface area contributed by atoms with E-state index in [1.165, 1.54) is 0 Å². The SMILES string of the molecule is COC1CCC(Nc2ncc3c(N)ncc(-c4ccn(C(C)C)c(=O)c4)c3n2)CC1. The minimum atomic E-state index is -0.0604. The predicted octanol–water partition coefficient (Wildman–Crippen LogP) is 3.39. The second-order valence-corrected chi connectivity index (χ2v) is 8.12. The van der Waals surface area contributed by atoms with E-state index in [0.717, 1.165) is 36.8 Å². The van der Waals surface area contributed by atoms with Gasteiger partial charge >= 0.3 is 0 Å². The standard InChI is InChI=1S/C22H28N6O2/c1-13(2)28-9-8-14(10-19(28)29)17-11-24-21(23)18-12-25-22(27-20(17)18)26-15-4-6-16(30-3)7-5-15/h8-13,15-16H,4-7H2,1-3H3,(H2,23,24)(H,25,26,27). The highest BCUT2D eigenvalue weighted by atomic mass is 16.5. The van der Waals surface area contributed by atoms with Crippen LogP contribution < -0.4 is 16.6 Å². The average molecular weight is 409 g/mol. The van der Waals surface area contributed by atoms with E-state index < -0.39 is 0 Å². The van der Waals surface area contributed by atoms with Crippen LogP contribution in [-0.4, -0.2) is 38.8 Å². The molecule has 3 heterocycles. The van der Waals surface area contributed by atoms with E-state index in [1.54, 1.807) is 36.3 Å². The van der Waals surface area contributed by atoms with Crippen molar-refractivity contribution in [3.05, 3.63) is 41.1 Å². The van der Waals surface area contributed by atoms with Gasteiger partial charge in [-0.3, -0.25) is 4.79 Å². The molecule has 0 amide bonds. The molecule has 158 valence electrons. The Kier molecular flexibility index (Phi) is 5.67. The van der Waals surface area contributed by atoms with Gasteiger partial charge in [0.05, 0.1) is 17.0 Å². The third-order valence-corrected chi connectivity index (χ3v) is 5.81. The molecule has 1 saturated carbocycles. The summed E-state index contributed by atoms with van der Waals surface area (Å²) in [7, 11) is 1.77. The molecule has 0 saturated heterocycles. The highest BCUT2D eigenvalue weighted by Crippen LogP contribution is 2.30. The van der Waals surface area contributed by atoms with Crippen LogP contribution in [0, 0.1) is 0 Å². The Morgan fingerprint density at radius 3 is 2.63 bits per heavy atom. The molecular formula is C22H28N6O2. The van der Waals surface area contributed by atoms with Crippen LogP contribution in [0.25, 0.3) is 22.0 Å². The Balaban J connectivity index is 1.69. The Bertz CT molecular complexity index is 1100. The summed E-state index contributed by atoms with van der Waals surface area (Å²) in [5, 5.41) is 4.12. The van der Waals surface area contributed by atoms with Crippen molar-refractivity contribution < 1.29 is 4.74 Å². The monoisotopic (exact) mass is 408 g/mol. The fourth-order valence-corrected chi connectivity index (χ4v) is 4.03. The molecule has 3 aromatic heterocycles. The number of hydrogen-bond donors (Lipinski definition) is 2. The number of anilines is 2. The maximum Gasteiger partial charge on any atom is 0.251 e. The summed E-state index contributed by atoms with van der Waals surface area (Å²) in [6.07, 6.45) is 9.59. The molecule has 8 nitrogen and oxygen atoms in total. The van der Waals surface area contributed by atoms with Gasteiger partial charge in [0, 0.05) is 49.4 Å². The fraction of sp³-hybridized carbons (Fsp3) is 0.455. The number of nitrogen functional groups attached to an aromatic ring is 1. The van der Waals surface area contributed by atoms with Crippen LogP contribution >= 0.6 is 0 Å². The van der Waals surface area contributed by atoms with Crippen LogP contribution in [0.2, 0.25) is 0 Å². The Morgan fingerprint density at radius 1 is 1.20 bits per heavy atom. The van der Waals surface area contributed by atoms with Crippen molar-refractivity contribution >= 4 is 22.7 Å². The molecule has 0 atom stereocenters. The Morgan fingerprint density at radius 2 is 1.97 bits per heavy atom. The molecule has 3 N–H and O–H groups in total. The van der Waals surface area contributed by atoms with Crippen molar-refractivity contribution in [1.82, 2.24) is 19.5 Å². The fourth-order valence-electron chi connectivity index (χ4n) is 4.03. The smallest absolute Gasteiger partial charge is 0.251 e. The van der Waals surface area contributed by atoms with Gasteiger partial charge in [-0.05, 0) is 51.2 Å². The zero-order valence-corrected chi connectivity index (χ0v) is 17.6. The summed E-state index contributed by atoms with van der Waals surface area (Å²) < 4.78 is 7.14. The molecule has 0 aliphatic heterocycles. The second kappa shape index (κ2) is 8.39. The molecule has 0 radical (unpaired) electrons. The first-order valence-corrected chi connectivity index (χ1v) is 10.4. The van der Waals surface area contributed by atoms with E-state index in [9.17, 15) is 4.79 Å². The summed E-state index contributed by atoms with van der Waals surface area (Å²) in [5.41, 5.74) is 8.23. The maximum absolute atomic E-state index is 12.5. The topological polar surface area (TPSA) is 108 Å². The quantitative estimate of drug-likeness (QED) is 0.666. The predicted molar refractivity (Wildman–Crippen MR) is 119 cm³/mol. The molecule has 0 spiro atoms. The number of nitrogens with one attached hydrogen (secondary N) is 1. The molecule has 0 bridgehead atoms. The maximum atomic E-state index is 12.5. The van der Waals surface area contributed by atoms with E-state index in [0.29, 0.717) is 34.8 Å². The minimum absolute atomic E-state index is 0.0604. The number of rotatable bonds is 5. The van der Waals surface area contributed by atoms with Crippen molar-refractivity contribution in [2.75, 3.05) is 18.2 Å². The van der Waals surface area contributed by atoms with E-state index in [1.807, 2.05) is 19.9 Å². The van der Waals surface area contributed by atoms with Gasteiger partial charge in [-0.15, -0.1) is 0 Å². The van der Waals surface area contributed by atoms with E-state index >= 15 is 0 Å². The Labute approximate surface area is 175 Å². The van der Waals surface area contributed by atoms with Crippen molar-refractivity contribution in [2.45, 2.75) is 57.7 Å². The van der Waals surface area contributed by atoms with Crippen LogP contribution in [0.4, 0.5) is 11.8 Å². The average Bonchev–Trinajstić information content (AvgIpc) is 2.74. The summed E-state index contributed by atoms with van der Waals surface area (Å²) in [6, 6.07) is 3.94. The highest BCUT2D eigenvalue weighted by molar-refractivity contribution is 5.98. The zero-order chi connectivity index (χ0) is 21.3. The number of hydrogen-bond acceptors (Lipinski definition) is 7. The summed E-state index contributed by atoms with van der Waals surface area (Å²) in [5.74, 6) is 0.933. The van der Waals surface area contributed by atoms with Gasteiger partial charge in [0.25, 0.3) is 5.56 Å². The zero-order valence-electron chi connectivity index (χ0n) is 17.6. The number of nitrogens with zero attached hydrogens (tertiary/aromatic N) is 4. The normalized spacial score (nSPS) is 19.3. The van der Waals surface area contributed by atoms with Gasteiger partial charge in [0.1, 0.15) is 5.82 Å². The summed E-state index contributed by atoms with van der Waals surface area (Å²) >= 11 is 0. The van der Waals surface area contributed by atoms with Gasteiger partial charge < -0.3 is 20.4 Å². The van der Waals surface area contributed by atoms with Gasteiger partial charge in [-0.25, -0.2) is 15.0 Å². The van der Waals surface area contributed by atoms with Crippen LogP contribution in [0.5, 0.6) is 0 Å². The minimum Gasteiger partial charge on any atom is -0.383 e. The number of ether oxygens (including phenoxy) is 1. The number of methoxy groups -OCH3 is 1. The lowest BCUT2D eigenvalue weighted by molar-refractivity contribution is 0.0681. The molecule has 4 rings (SSSR count). The molecular weight excluding hydrogens is 380 g/mol. The van der Waals surface area contributed by atoms with Crippen LogP contribution in [-0.2, 0) is 4.74 Å². The third kappa shape index (κ3) is 4.00.